The number of carbonyl (C=O) groups is 1. The summed E-state index contributed by atoms with van der Waals surface area (Å²) in [5.74, 6) is -0.403. The first-order valence-corrected chi connectivity index (χ1v) is 16.7. The Labute approximate surface area is 271 Å². The molecule has 0 spiro atoms. The van der Waals surface area contributed by atoms with Crippen molar-refractivity contribution in [2.75, 3.05) is 6.54 Å². The maximum Gasteiger partial charge on any atom is 0.517 e. The van der Waals surface area contributed by atoms with Crippen molar-refractivity contribution >= 4 is 50.5 Å². The number of rotatable bonds is 4. The zero-order valence-corrected chi connectivity index (χ0v) is 28.0. The summed E-state index contributed by atoms with van der Waals surface area (Å²) in [6, 6.07) is 10.8. The van der Waals surface area contributed by atoms with Crippen LogP contribution in [0.5, 0.6) is 0 Å². The van der Waals surface area contributed by atoms with Gasteiger partial charge in [0.05, 0.1) is 34.0 Å². The van der Waals surface area contributed by atoms with Gasteiger partial charge in [0.25, 0.3) is 0 Å². The fourth-order valence-electron chi connectivity index (χ4n) is 5.82. The molecule has 0 N–H and O–H groups in total. The van der Waals surface area contributed by atoms with Crippen LogP contribution in [-0.2, 0) is 24.1 Å². The van der Waals surface area contributed by atoms with Crippen LogP contribution in [0.25, 0.3) is 33.1 Å². The third-order valence-electron chi connectivity index (χ3n) is 8.92. The number of likely N-dealkylation sites (tertiary alicyclic amines) is 1. The molecule has 0 radical (unpaired) electrons. The van der Waals surface area contributed by atoms with Crippen molar-refractivity contribution in [1.29, 1.82) is 0 Å². The number of hydrogen-bond donors (Lipinski definition) is 0. The van der Waals surface area contributed by atoms with Crippen molar-refractivity contribution in [2.45, 2.75) is 89.7 Å². The van der Waals surface area contributed by atoms with E-state index in [9.17, 15) is 26.4 Å². The number of fused-ring (bicyclic) bond motifs is 2. The Morgan fingerprint density at radius 3 is 2.32 bits per heavy atom. The predicted molar refractivity (Wildman–Crippen MR) is 171 cm³/mol. The lowest BCUT2D eigenvalue weighted by atomic mass is 9.78. The molecule has 2 aliphatic heterocycles. The van der Waals surface area contributed by atoms with Crippen molar-refractivity contribution in [3.63, 3.8) is 0 Å². The normalized spacial score (nSPS) is 20.0. The molecule has 0 bridgehead atoms. The smallest absolute Gasteiger partial charge is 0.444 e. The fourth-order valence-corrected chi connectivity index (χ4v) is 6.84. The van der Waals surface area contributed by atoms with E-state index in [2.05, 4.69) is 9.97 Å². The van der Waals surface area contributed by atoms with Crippen LogP contribution >= 0.6 is 0 Å². The number of amides is 1. The summed E-state index contributed by atoms with van der Waals surface area (Å²) in [6.45, 7) is 13.1. The molecule has 0 aliphatic carbocycles. The van der Waals surface area contributed by atoms with Gasteiger partial charge in [-0.05, 0) is 95.7 Å². The van der Waals surface area contributed by atoms with Crippen LogP contribution in [0, 0.1) is 0 Å². The average molecular weight is 673 g/mol. The van der Waals surface area contributed by atoms with E-state index in [1.807, 2.05) is 45.9 Å². The van der Waals surface area contributed by atoms with Gasteiger partial charge in [-0.2, -0.15) is 21.6 Å². The molecule has 2 saturated heterocycles. The van der Waals surface area contributed by atoms with E-state index >= 15 is 0 Å². The number of pyridine rings is 1. The van der Waals surface area contributed by atoms with Gasteiger partial charge < -0.3 is 14.0 Å². The first kappa shape index (κ1) is 33.2. The largest absolute Gasteiger partial charge is 0.517 e. The Hall–Kier alpha value is -3.69. The van der Waals surface area contributed by atoms with Crippen LogP contribution in [-0.4, -0.2) is 69.3 Å². The van der Waals surface area contributed by atoms with Crippen molar-refractivity contribution in [2.24, 2.45) is 0 Å². The molecule has 15 heteroatoms. The molecule has 1 amide bonds. The van der Waals surface area contributed by atoms with Crippen molar-refractivity contribution < 1.29 is 40.4 Å². The van der Waals surface area contributed by atoms with E-state index in [-0.39, 0.29) is 28.0 Å². The lowest BCUT2D eigenvalue weighted by Crippen LogP contribution is -2.41. The maximum atomic E-state index is 14.1. The van der Waals surface area contributed by atoms with Crippen LogP contribution in [0.4, 0.5) is 18.0 Å². The van der Waals surface area contributed by atoms with E-state index < -0.39 is 57.4 Å². The Bertz CT molecular complexity index is 1990. The van der Waals surface area contributed by atoms with Crippen LogP contribution in [0.3, 0.4) is 0 Å². The summed E-state index contributed by atoms with van der Waals surface area (Å²) in [5.41, 5.74) is -6.14. The number of alkyl halides is 3. The molecule has 2 aromatic carbocycles. The van der Waals surface area contributed by atoms with Crippen LogP contribution in [0.15, 0.2) is 48.7 Å². The van der Waals surface area contributed by atoms with Gasteiger partial charge in [0.2, 0.25) is 0 Å². The standard InChI is InChI=1S/C32H36BF3N4O6S/c1-29(2,3)44-28(41)39-14-8-9-25(39)27-38-23-13-11-20(17-26(23)40(27)47(42,43)32(34,35)36)24-16-19-10-12-22(15-21(19)18-37-24)33-45-30(4,5)31(6,7)46-33/h10-13,15-18,25H,8-9,14H2,1-7H3/t25-/m0/s1. The molecule has 2 aliphatic rings. The molecular weight excluding hydrogens is 636 g/mol. The molecule has 47 heavy (non-hydrogen) atoms. The van der Waals surface area contributed by atoms with Crippen molar-refractivity contribution in [3.05, 3.63) is 54.5 Å². The third-order valence-corrected chi connectivity index (χ3v) is 10.4. The molecule has 1 atom stereocenters. The van der Waals surface area contributed by atoms with Gasteiger partial charge in [0.15, 0.2) is 0 Å². The van der Waals surface area contributed by atoms with Gasteiger partial charge in [0, 0.05) is 18.3 Å². The summed E-state index contributed by atoms with van der Waals surface area (Å²) in [4.78, 5) is 23.1. The molecule has 250 valence electrons. The van der Waals surface area contributed by atoms with E-state index in [0.29, 0.717) is 17.7 Å². The second-order valence-electron chi connectivity index (χ2n) is 14.0. The first-order chi connectivity index (χ1) is 21.7. The Balaban J connectivity index is 1.41. The number of imidazole rings is 1. The highest BCUT2D eigenvalue weighted by Gasteiger charge is 2.52. The number of nitrogens with zero attached hydrogens (tertiary/aromatic N) is 4. The second-order valence-corrected chi connectivity index (χ2v) is 15.8. The zero-order valence-electron chi connectivity index (χ0n) is 27.2. The lowest BCUT2D eigenvalue weighted by molar-refractivity contribution is -0.0446. The van der Waals surface area contributed by atoms with Crippen LogP contribution in [0.2, 0.25) is 0 Å². The fraction of sp³-hybridized carbons (Fsp3) is 0.469. The lowest BCUT2D eigenvalue weighted by Gasteiger charge is -2.32. The number of aromatic nitrogens is 3. The number of halogens is 3. The van der Waals surface area contributed by atoms with Crippen molar-refractivity contribution in [1.82, 2.24) is 18.8 Å². The molecule has 0 unspecified atom stereocenters. The summed E-state index contributed by atoms with van der Waals surface area (Å²) < 4.78 is 86.6. The van der Waals surface area contributed by atoms with Crippen LogP contribution < -0.4 is 5.46 Å². The minimum Gasteiger partial charge on any atom is -0.444 e. The SMILES string of the molecule is CC(C)(C)OC(=O)N1CCC[C@H]1c1nc2ccc(-c3cc4ccc(B5OC(C)(C)C(C)(C)O5)cc4cn3)cc2n1S(=O)(=O)C(F)(F)F. The minimum atomic E-state index is -5.94. The monoisotopic (exact) mass is 672 g/mol. The highest BCUT2D eigenvalue weighted by molar-refractivity contribution is 7.91. The van der Waals surface area contributed by atoms with Crippen molar-refractivity contribution in [3.8, 4) is 11.3 Å². The molecule has 0 saturated carbocycles. The third kappa shape index (κ3) is 5.86. The van der Waals surface area contributed by atoms with Gasteiger partial charge in [-0.15, -0.1) is 0 Å². The topological polar surface area (TPSA) is 113 Å². The Kier molecular flexibility index (Phi) is 7.72. The van der Waals surface area contributed by atoms with Gasteiger partial charge in [-0.25, -0.2) is 13.8 Å². The van der Waals surface area contributed by atoms with Gasteiger partial charge in [-0.1, -0.05) is 24.3 Å². The highest BCUT2D eigenvalue weighted by atomic mass is 32.2. The number of ether oxygens (including phenoxy) is 1. The molecule has 2 aromatic heterocycles. The Morgan fingerprint density at radius 2 is 1.68 bits per heavy atom. The van der Waals surface area contributed by atoms with Gasteiger partial charge >= 0.3 is 28.7 Å². The van der Waals surface area contributed by atoms with E-state index in [0.717, 1.165) is 16.2 Å². The summed E-state index contributed by atoms with van der Waals surface area (Å²) in [6.07, 6.45) is 1.52. The quantitative estimate of drug-likeness (QED) is 0.232. The summed E-state index contributed by atoms with van der Waals surface area (Å²) >= 11 is 0. The summed E-state index contributed by atoms with van der Waals surface area (Å²) in [7, 11) is -6.51. The van der Waals surface area contributed by atoms with E-state index in [1.54, 1.807) is 39.1 Å². The molecule has 4 heterocycles. The molecule has 10 nitrogen and oxygen atoms in total. The van der Waals surface area contributed by atoms with E-state index in [4.69, 9.17) is 14.0 Å². The van der Waals surface area contributed by atoms with Gasteiger partial charge in [0.1, 0.15) is 11.4 Å². The molecule has 6 rings (SSSR count). The summed E-state index contributed by atoms with van der Waals surface area (Å²) in [5, 5.41) is 1.59. The predicted octanol–water partition coefficient (Wildman–Crippen LogP) is 6.32. The van der Waals surface area contributed by atoms with Gasteiger partial charge in [-0.3, -0.25) is 9.88 Å². The molecule has 2 fully saturated rings. The maximum absolute atomic E-state index is 14.1. The Morgan fingerprint density at radius 1 is 1.00 bits per heavy atom. The zero-order chi connectivity index (χ0) is 34.3. The van der Waals surface area contributed by atoms with Crippen LogP contribution in [0.1, 0.15) is 73.2 Å². The average Bonchev–Trinajstić information content (AvgIpc) is 3.64. The molecular formula is C32H36BF3N4O6S. The minimum absolute atomic E-state index is 0.0282. The molecule has 4 aromatic rings. The number of carbonyl (C=O) groups excluding carboxylic acids is 1. The highest BCUT2D eigenvalue weighted by Crippen LogP contribution is 2.40. The van der Waals surface area contributed by atoms with E-state index in [1.165, 1.54) is 17.0 Å². The number of benzene rings is 2. The second kappa shape index (κ2) is 10.9. The first-order valence-electron chi connectivity index (χ1n) is 15.3. The number of hydrogen-bond acceptors (Lipinski definition) is 8.